The van der Waals surface area contributed by atoms with E-state index in [4.69, 9.17) is 0 Å². The number of quaternary nitrogens is 1. The molecular weight excluding hydrogens is 250 g/mol. The van der Waals surface area contributed by atoms with Gasteiger partial charge in [-0.05, 0) is 26.5 Å². The van der Waals surface area contributed by atoms with Crippen molar-refractivity contribution >= 4 is 15.8 Å². The molecule has 1 heterocycles. The van der Waals surface area contributed by atoms with Crippen LogP contribution in [0.5, 0.6) is 0 Å². The molecule has 0 radical (unpaired) electrons. The maximum Gasteiger partial charge on any atom is 0.317 e. The summed E-state index contributed by atoms with van der Waals surface area (Å²) in [5.74, 6) is -0.383. The number of allylic oxidation sites excluding steroid dienone is 1. The van der Waals surface area contributed by atoms with E-state index in [1.165, 1.54) is 0 Å². The van der Waals surface area contributed by atoms with Gasteiger partial charge in [0.25, 0.3) is 0 Å². The van der Waals surface area contributed by atoms with Crippen molar-refractivity contribution in [2.24, 2.45) is 0 Å². The third kappa shape index (κ3) is 1.79. The van der Waals surface area contributed by atoms with Crippen molar-refractivity contribution in [3.8, 4) is 0 Å². The fourth-order valence-electron chi connectivity index (χ4n) is 2.82. The number of benzene rings is 1. The van der Waals surface area contributed by atoms with Gasteiger partial charge in [-0.15, -0.1) is 0 Å². The van der Waals surface area contributed by atoms with Crippen LogP contribution in [0.4, 0.5) is 5.69 Å². The van der Waals surface area contributed by atoms with E-state index in [1.807, 2.05) is 38.1 Å². The standard InChI is InChI=1S/C13H17NO3S/c1-10-13(2,3)11-7-5-6-8-12(11)14(10,4)9-18(15,16)17/h5-8H,1,9H2,2-4H3/p+1. The number of fused-ring (bicyclic) bond motifs is 1. The number of hydrogen-bond acceptors (Lipinski definition) is 2. The number of hydrogen-bond donors (Lipinski definition) is 1. The molecule has 0 saturated carbocycles. The molecule has 0 spiro atoms. The second-order valence-electron chi connectivity index (χ2n) is 5.49. The van der Waals surface area contributed by atoms with Gasteiger partial charge in [0.05, 0.1) is 12.5 Å². The lowest BCUT2D eigenvalue weighted by Crippen LogP contribution is -2.47. The molecular formula is C13H18NO3S+. The first-order chi connectivity index (χ1) is 8.09. The summed E-state index contributed by atoms with van der Waals surface area (Å²) in [6.45, 7) is 8.09. The zero-order valence-corrected chi connectivity index (χ0v) is 11.7. The van der Waals surface area contributed by atoms with Gasteiger partial charge < -0.3 is 0 Å². The summed E-state index contributed by atoms with van der Waals surface area (Å²) in [5, 5.41) is 0. The van der Waals surface area contributed by atoms with Crippen LogP contribution in [0.25, 0.3) is 0 Å². The topological polar surface area (TPSA) is 54.4 Å². The van der Waals surface area contributed by atoms with Crippen molar-refractivity contribution in [1.82, 2.24) is 4.48 Å². The molecule has 0 fully saturated rings. The van der Waals surface area contributed by atoms with E-state index >= 15 is 0 Å². The Kier molecular flexibility index (Phi) is 2.70. The number of nitrogens with zero attached hydrogens (tertiary/aromatic N) is 1. The largest absolute Gasteiger partial charge is 0.317 e. The summed E-state index contributed by atoms with van der Waals surface area (Å²) >= 11 is 0. The molecule has 18 heavy (non-hydrogen) atoms. The van der Waals surface area contributed by atoms with E-state index < -0.39 is 10.1 Å². The first kappa shape index (κ1) is 13.3. The molecule has 0 bridgehead atoms. The molecule has 1 aliphatic heterocycles. The molecule has 1 aromatic rings. The molecule has 1 aromatic carbocycles. The molecule has 2 rings (SSSR count). The van der Waals surface area contributed by atoms with Gasteiger partial charge in [0, 0.05) is 5.56 Å². The summed E-state index contributed by atoms with van der Waals surface area (Å²) < 4.78 is 31.7. The van der Waals surface area contributed by atoms with Crippen molar-refractivity contribution in [2.75, 3.05) is 12.9 Å². The Bertz CT molecular complexity index is 619. The van der Waals surface area contributed by atoms with Crippen molar-refractivity contribution in [3.05, 3.63) is 42.1 Å². The van der Waals surface area contributed by atoms with Gasteiger partial charge in [-0.1, -0.05) is 18.2 Å². The van der Waals surface area contributed by atoms with Gasteiger partial charge in [-0.3, -0.25) is 4.55 Å². The van der Waals surface area contributed by atoms with Crippen LogP contribution in [0, 0.1) is 0 Å². The normalized spacial score (nSPS) is 26.1. The first-order valence-electron chi connectivity index (χ1n) is 5.70. The predicted octanol–water partition coefficient (Wildman–Crippen LogP) is 2.27. The van der Waals surface area contributed by atoms with Crippen LogP contribution in [-0.4, -0.2) is 25.9 Å². The van der Waals surface area contributed by atoms with Gasteiger partial charge in [-0.2, -0.15) is 8.42 Å². The molecule has 0 aromatic heterocycles. The summed E-state index contributed by atoms with van der Waals surface area (Å²) in [6.07, 6.45) is 0. The zero-order chi connectivity index (χ0) is 13.8. The van der Waals surface area contributed by atoms with E-state index in [9.17, 15) is 13.0 Å². The Balaban J connectivity index is 2.68. The fourth-order valence-corrected chi connectivity index (χ4v) is 3.77. The maximum absolute atomic E-state index is 11.3. The lowest BCUT2D eigenvalue weighted by molar-refractivity contribution is 0.400. The van der Waals surface area contributed by atoms with Crippen LogP contribution in [0.15, 0.2) is 36.5 Å². The molecule has 5 heteroatoms. The molecule has 98 valence electrons. The van der Waals surface area contributed by atoms with Crippen molar-refractivity contribution in [2.45, 2.75) is 19.3 Å². The molecule has 1 unspecified atom stereocenters. The second kappa shape index (κ2) is 3.66. The second-order valence-corrected chi connectivity index (χ2v) is 6.91. The van der Waals surface area contributed by atoms with Crippen LogP contribution in [0.3, 0.4) is 0 Å². The lowest BCUT2D eigenvalue weighted by Gasteiger charge is -2.31. The zero-order valence-electron chi connectivity index (χ0n) is 10.8. The third-order valence-corrected chi connectivity index (χ3v) is 4.69. The van der Waals surface area contributed by atoms with Gasteiger partial charge in [-0.25, -0.2) is 4.48 Å². The van der Waals surface area contributed by atoms with Crippen LogP contribution < -0.4 is 4.48 Å². The van der Waals surface area contributed by atoms with E-state index in [-0.39, 0.29) is 15.8 Å². The van der Waals surface area contributed by atoms with Gasteiger partial charge in [0.15, 0.2) is 0 Å². The highest BCUT2D eigenvalue weighted by Crippen LogP contribution is 2.50. The number of para-hydroxylation sites is 1. The summed E-state index contributed by atoms with van der Waals surface area (Å²) in [6, 6.07) is 7.67. The first-order valence-corrected chi connectivity index (χ1v) is 7.31. The summed E-state index contributed by atoms with van der Waals surface area (Å²) in [5.41, 5.74) is 2.39. The van der Waals surface area contributed by atoms with Crippen LogP contribution in [-0.2, 0) is 15.5 Å². The van der Waals surface area contributed by atoms with Crippen molar-refractivity contribution < 1.29 is 13.0 Å². The highest BCUT2D eigenvalue weighted by molar-refractivity contribution is 7.85. The number of rotatable bonds is 2. The maximum atomic E-state index is 11.3. The molecule has 4 nitrogen and oxygen atoms in total. The summed E-state index contributed by atoms with van der Waals surface area (Å²) in [7, 11) is -2.31. The Labute approximate surface area is 108 Å². The van der Waals surface area contributed by atoms with Crippen LogP contribution in [0.2, 0.25) is 0 Å². The van der Waals surface area contributed by atoms with Crippen LogP contribution in [0.1, 0.15) is 19.4 Å². The predicted molar refractivity (Wildman–Crippen MR) is 72.7 cm³/mol. The lowest BCUT2D eigenvalue weighted by atomic mass is 9.84. The number of likely N-dealkylation sites (N-methyl/N-ethyl adjacent to an activating group) is 1. The molecule has 0 amide bonds. The van der Waals surface area contributed by atoms with Gasteiger partial charge in [0.1, 0.15) is 11.4 Å². The smallest absolute Gasteiger partial charge is 0.281 e. The Hall–Kier alpha value is -1.17. The quantitative estimate of drug-likeness (QED) is 0.661. The monoisotopic (exact) mass is 268 g/mol. The van der Waals surface area contributed by atoms with E-state index in [2.05, 4.69) is 6.58 Å². The van der Waals surface area contributed by atoms with Gasteiger partial charge >= 0.3 is 10.1 Å². The summed E-state index contributed by atoms with van der Waals surface area (Å²) in [4.78, 5) is 0. The molecule has 1 aliphatic rings. The van der Waals surface area contributed by atoms with E-state index in [1.54, 1.807) is 7.05 Å². The average molecular weight is 268 g/mol. The Morgan fingerprint density at radius 2 is 1.89 bits per heavy atom. The van der Waals surface area contributed by atoms with E-state index in [0.717, 1.165) is 16.9 Å². The van der Waals surface area contributed by atoms with Crippen LogP contribution >= 0.6 is 0 Å². The highest BCUT2D eigenvalue weighted by atomic mass is 32.2. The minimum atomic E-state index is -4.08. The Morgan fingerprint density at radius 3 is 2.44 bits per heavy atom. The average Bonchev–Trinajstić information content (AvgIpc) is 2.38. The molecule has 0 aliphatic carbocycles. The van der Waals surface area contributed by atoms with Crippen molar-refractivity contribution in [3.63, 3.8) is 0 Å². The highest BCUT2D eigenvalue weighted by Gasteiger charge is 2.51. The van der Waals surface area contributed by atoms with E-state index in [0.29, 0.717) is 0 Å². The fraction of sp³-hybridized carbons (Fsp3) is 0.385. The minimum Gasteiger partial charge on any atom is -0.281 e. The minimum absolute atomic E-state index is 0.0298. The SMILES string of the molecule is C=C1C(C)(C)c2ccccc2[N+]1(C)CS(=O)(=O)O. The van der Waals surface area contributed by atoms with Crippen molar-refractivity contribution in [1.29, 1.82) is 0 Å². The third-order valence-electron chi connectivity index (χ3n) is 3.85. The molecule has 1 atom stereocenters. The molecule has 0 saturated heterocycles. The Morgan fingerprint density at radius 1 is 1.33 bits per heavy atom. The molecule has 1 N–H and O–H groups in total. The van der Waals surface area contributed by atoms with Gasteiger partial charge in [0.2, 0.25) is 5.88 Å².